The number of likely N-dealkylation sites (tertiary alicyclic amines) is 1. The molecule has 2 amide bonds. The number of hydrogen-bond donors (Lipinski definition) is 2. The Morgan fingerprint density at radius 1 is 1.00 bits per heavy atom. The first kappa shape index (κ1) is 26.4. The van der Waals surface area contributed by atoms with E-state index in [1.54, 1.807) is 41.5 Å². The van der Waals surface area contributed by atoms with E-state index in [1.807, 2.05) is 4.90 Å². The zero-order valence-electron chi connectivity index (χ0n) is 20.7. The Labute approximate surface area is 192 Å². The summed E-state index contributed by atoms with van der Waals surface area (Å²) >= 11 is 0. The maximum Gasteiger partial charge on any atom is 0.437 e. The van der Waals surface area contributed by atoms with Crippen LogP contribution in [0.25, 0.3) is 0 Å². The van der Waals surface area contributed by atoms with Gasteiger partial charge in [-0.05, 0) is 80.2 Å². The average Bonchev–Trinajstić information content (AvgIpc) is 2.66. The fourth-order valence-electron chi connectivity index (χ4n) is 3.73. The number of carbonyl (C=O) groups excluding carboxylic acids is 2. The number of ether oxygens (including phenoxy) is 3. The number of amides is 2. The molecular formula is C23H42N4O5. The third-order valence-corrected chi connectivity index (χ3v) is 5.18. The van der Waals surface area contributed by atoms with E-state index in [4.69, 9.17) is 14.2 Å². The van der Waals surface area contributed by atoms with Crippen LogP contribution in [0.15, 0.2) is 4.99 Å². The first-order valence-electron chi connectivity index (χ1n) is 11.8. The lowest BCUT2D eigenvalue weighted by Crippen LogP contribution is -2.50. The third-order valence-electron chi connectivity index (χ3n) is 5.18. The predicted molar refractivity (Wildman–Crippen MR) is 124 cm³/mol. The SMILES string of the molecule is CC(C)(C)OC(=O)/N=C(\NC(=O)OC(C)(C)C)N1CCC(OCC[C@@H]2CCCCN2)CC1. The van der Waals surface area contributed by atoms with Crippen molar-refractivity contribution in [1.82, 2.24) is 15.5 Å². The highest BCUT2D eigenvalue weighted by atomic mass is 16.6. The van der Waals surface area contributed by atoms with Gasteiger partial charge in [-0.15, -0.1) is 4.99 Å². The summed E-state index contributed by atoms with van der Waals surface area (Å²) in [5.74, 6) is 0.151. The van der Waals surface area contributed by atoms with Crippen LogP contribution in [0, 0.1) is 0 Å². The van der Waals surface area contributed by atoms with Gasteiger partial charge in [-0.2, -0.15) is 0 Å². The van der Waals surface area contributed by atoms with E-state index in [2.05, 4.69) is 15.6 Å². The van der Waals surface area contributed by atoms with Crippen molar-refractivity contribution in [1.29, 1.82) is 0 Å². The van der Waals surface area contributed by atoms with Crippen molar-refractivity contribution in [3.8, 4) is 0 Å². The fourth-order valence-corrected chi connectivity index (χ4v) is 3.73. The highest BCUT2D eigenvalue weighted by molar-refractivity contribution is 5.98. The smallest absolute Gasteiger partial charge is 0.437 e. The van der Waals surface area contributed by atoms with Gasteiger partial charge in [0.1, 0.15) is 11.2 Å². The van der Waals surface area contributed by atoms with Crippen molar-refractivity contribution in [3.63, 3.8) is 0 Å². The van der Waals surface area contributed by atoms with Gasteiger partial charge in [0.2, 0.25) is 5.96 Å². The van der Waals surface area contributed by atoms with Crippen molar-refractivity contribution in [2.45, 2.75) is 103 Å². The minimum atomic E-state index is -0.748. The van der Waals surface area contributed by atoms with E-state index >= 15 is 0 Å². The average molecular weight is 455 g/mol. The maximum absolute atomic E-state index is 12.3. The number of hydrogen-bond acceptors (Lipinski definition) is 6. The zero-order chi connectivity index (χ0) is 23.8. The predicted octanol–water partition coefficient (Wildman–Crippen LogP) is 3.82. The molecule has 0 spiro atoms. The van der Waals surface area contributed by atoms with Crippen molar-refractivity contribution >= 4 is 18.1 Å². The molecule has 2 saturated heterocycles. The monoisotopic (exact) mass is 454 g/mol. The van der Waals surface area contributed by atoms with Gasteiger partial charge in [0.25, 0.3) is 0 Å². The molecule has 9 nitrogen and oxygen atoms in total. The van der Waals surface area contributed by atoms with Gasteiger partial charge in [-0.25, -0.2) is 9.59 Å². The van der Waals surface area contributed by atoms with Crippen molar-refractivity contribution in [2.75, 3.05) is 26.2 Å². The molecule has 0 aromatic heterocycles. The van der Waals surface area contributed by atoms with E-state index in [9.17, 15) is 9.59 Å². The van der Waals surface area contributed by atoms with E-state index in [-0.39, 0.29) is 12.1 Å². The second-order valence-corrected chi connectivity index (χ2v) is 10.5. The lowest BCUT2D eigenvalue weighted by molar-refractivity contribution is 0.0131. The Balaban J connectivity index is 1.89. The molecule has 0 aliphatic carbocycles. The van der Waals surface area contributed by atoms with Gasteiger partial charge in [0, 0.05) is 25.7 Å². The molecule has 184 valence electrons. The summed E-state index contributed by atoms with van der Waals surface area (Å²) in [6.07, 6.45) is 5.16. The van der Waals surface area contributed by atoms with Crippen LogP contribution >= 0.6 is 0 Å². The molecule has 0 aromatic carbocycles. The molecular weight excluding hydrogens is 412 g/mol. The minimum absolute atomic E-state index is 0.151. The number of nitrogens with zero attached hydrogens (tertiary/aromatic N) is 2. The molecule has 1 atom stereocenters. The summed E-state index contributed by atoms with van der Waals surface area (Å²) < 4.78 is 16.7. The maximum atomic E-state index is 12.3. The van der Waals surface area contributed by atoms with Crippen LogP contribution in [0.5, 0.6) is 0 Å². The summed E-state index contributed by atoms with van der Waals surface area (Å²) in [6.45, 7) is 13.7. The molecule has 2 fully saturated rings. The fraction of sp³-hybridized carbons (Fsp3) is 0.870. The Morgan fingerprint density at radius 3 is 2.22 bits per heavy atom. The van der Waals surface area contributed by atoms with Gasteiger partial charge in [-0.1, -0.05) is 6.42 Å². The lowest BCUT2D eigenvalue weighted by Gasteiger charge is -2.34. The van der Waals surface area contributed by atoms with Crippen molar-refractivity contribution in [3.05, 3.63) is 0 Å². The molecule has 32 heavy (non-hydrogen) atoms. The Morgan fingerprint density at radius 2 is 1.66 bits per heavy atom. The molecule has 2 aliphatic rings. The van der Waals surface area contributed by atoms with Gasteiger partial charge in [-0.3, -0.25) is 5.32 Å². The highest BCUT2D eigenvalue weighted by Crippen LogP contribution is 2.17. The van der Waals surface area contributed by atoms with Crippen LogP contribution in [-0.2, 0) is 14.2 Å². The summed E-state index contributed by atoms with van der Waals surface area (Å²) in [5.41, 5.74) is -1.33. The van der Waals surface area contributed by atoms with Crippen LogP contribution < -0.4 is 10.6 Å². The Bertz CT molecular complexity index is 640. The molecule has 0 radical (unpaired) electrons. The number of carbonyl (C=O) groups is 2. The summed E-state index contributed by atoms with van der Waals surface area (Å²) in [7, 11) is 0. The molecule has 2 rings (SSSR count). The van der Waals surface area contributed by atoms with Gasteiger partial charge >= 0.3 is 12.2 Å². The second kappa shape index (κ2) is 11.8. The Hall–Kier alpha value is -1.87. The molecule has 2 N–H and O–H groups in total. The number of aliphatic imine (C=N–C) groups is 1. The van der Waals surface area contributed by atoms with Crippen LogP contribution in [-0.4, -0.2) is 72.6 Å². The number of piperidine rings is 2. The molecule has 2 aliphatic heterocycles. The third kappa shape index (κ3) is 10.6. The van der Waals surface area contributed by atoms with Crippen LogP contribution in [0.2, 0.25) is 0 Å². The minimum Gasteiger partial charge on any atom is -0.444 e. The molecule has 0 saturated carbocycles. The number of rotatable bonds is 4. The van der Waals surface area contributed by atoms with Crippen LogP contribution in [0.3, 0.4) is 0 Å². The molecule has 0 bridgehead atoms. The van der Waals surface area contributed by atoms with E-state index in [1.165, 1.54) is 19.3 Å². The van der Waals surface area contributed by atoms with Crippen LogP contribution in [0.1, 0.15) is 80.1 Å². The summed E-state index contributed by atoms with van der Waals surface area (Å²) in [5, 5.41) is 6.17. The van der Waals surface area contributed by atoms with E-state index in [0.29, 0.717) is 19.1 Å². The zero-order valence-corrected chi connectivity index (χ0v) is 20.7. The van der Waals surface area contributed by atoms with Gasteiger partial charge in [0.05, 0.1) is 6.10 Å². The second-order valence-electron chi connectivity index (χ2n) is 10.5. The Kier molecular flexibility index (Phi) is 9.76. The molecule has 0 unspecified atom stereocenters. The first-order chi connectivity index (χ1) is 14.9. The molecule has 2 heterocycles. The quantitative estimate of drug-likeness (QED) is 0.492. The van der Waals surface area contributed by atoms with Gasteiger partial charge < -0.3 is 24.4 Å². The standard InChI is InChI=1S/C23H42N4O5/c1-22(2,3)31-20(28)25-19(26-21(29)32-23(4,5)6)27-14-10-18(11-15-27)30-16-12-17-9-7-8-13-24-17/h17-18,24H,7-16H2,1-6H3,(H,25,26,28,29)/t17-/m0/s1. The molecule has 9 heteroatoms. The topological polar surface area (TPSA) is 101 Å². The summed E-state index contributed by atoms with van der Waals surface area (Å²) in [4.78, 5) is 30.5. The first-order valence-corrected chi connectivity index (χ1v) is 11.8. The molecule has 0 aromatic rings. The normalized spacial score (nSPS) is 21.2. The van der Waals surface area contributed by atoms with Crippen molar-refractivity contribution < 1.29 is 23.8 Å². The van der Waals surface area contributed by atoms with E-state index in [0.717, 1.165) is 32.4 Å². The van der Waals surface area contributed by atoms with Crippen molar-refractivity contribution in [2.24, 2.45) is 4.99 Å². The largest absolute Gasteiger partial charge is 0.444 e. The van der Waals surface area contributed by atoms with E-state index < -0.39 is 23.4 Å². The highest BCUT2D eigenvalue weighted by Gasteiger charge is 2.27. The lowest BCUT2D eigenvalue weighted by atomic mass is 10.0. The number of alkyl carbamates (subject to hydrolysis) is 1. The van der Waals surface area contributed by atoms with Crippen LogP contribution in [0.4, 0.5) is 9.59 Å². The number of guanidine groups is 1. The summed E-state index contributed by atoms with van der Waals surface area (Å²) in [6, 6.07) is 0.564. The number of nitrogens with one attached hydrogen (secondary N) is 2. The van der Waals surface area contributed by atoms with Gasteiger partial charge in [0.15, 0.2) is 0 Å².